The summed E-state index contributed by atoms with van der Waals surface area (Å²) in [5.74, 6) is -4.61. The maximum atomic E-state index is 13.7. The van der Waals surface area contributed by atoms with E-state index in [1.807, 2.05) is 0 Å². The Morgan fingerprint density at radius 1 is 1.20 bits per heavy atom. The zero-order valence-electron chi connectivity index (χ0n) is 10.4. The number of hydrogen-bond acceptors (Lipinski definition) is 6. The number of furan rings is 1. The molecule has 1 saturated heterocycles. The van der Waals surface area contributed by atoms with Crippen LogP contribution >= 0.6 is 0 Å². The molecular weight excluding hydrogens is 269 g/mol. The molecule has 2 heterocycles. The SMILES string of the molecule is CC(N)C1(c2ccc(F)c3ccoc23)OC(=O)C(=O)O1. The number of benzene rings is 1. The van der Waals surface area contributed by atoms with Crippen LogP contribution in [0.15, 0.2) is 28.9 Å². The van der Waals surface area contributed by atoms with Crippen LogP contribution in [0.5, 0.6) is 0 Å². The van der Waals surface area contributed by atoms with E-state index in [9.17, 15) is 14.0 Å². The second kappa shape index (κ2) is 4.04. The summed E-state index contributed by atoms with van der Waals surface area (Å²) in [6.45, 7) is 1.50. The van der Waals surface area contributed by atoms with Crippen molar-refractivity contribution in [3.63, 3.8) is 0 Å². The van der Waals surface area contributed by atoms with Gasteiger partial charge in [-0.2, -0.15) is 0 Å². The molecule has 1 aromatic heterocycles. The molecule has 0 saturated carbocycles. The van der Waals surface area contributed by atoms with Gasteiger partial charge in [-0.05, 0) is 25.1 Å². The Kier molecular flexibility index (Phi) is 2.55. The van der Waals surface area contributed by atoms with E-state index >= 15 is 0 Å². The lowest BCUT2D eigenvalue weighted by Crippen LogP contribution is -2.45. The minimum atomic E-state index is -1.81. The first-order chi connectivity index (χ1) is 9.45. The number of fused-ring (bicyclic) bond motifs is 1. The Labute approximate surface area is 112 Å². The van der Waals surface area contributed by atoms with Crippen LogP contribution < -0.4 is 5.73 Å². The van der Waals surface area contributed by atoms with Crippen LogP contribution in [0, 0.1) is 5.82 Å². The van der Waals surface area contributed by atoms with E-state index in [0.29, 0.717) is 0 Å². The van der Waals surface area contributed by atoms with E-state index in [1.165, 1.54) is 25.3 Å². The molecule has 6 nitrogen and oxygen atoms in total. The van der Waals surface area contributed by atoms with E-state index in [4.69, 9.17) is 19.6 Å². The van der Waals surface area contributed by atoms with Gasteiger partial charge in [-0.1, -0.05) is 0 Å². The van der Waals surface area contributed by atoms with Crippen molar-refractivity contribution in [1.29, 1.82) is 0 Å². The first kappa shape index (κ1) is 12.6. The van der Waals surface area contributed by atoms with Gasteiger partial charge in [0.1, 0.15) is 11.4 Å². The quantitative estimate of drug-likeness (QED) is 0.655. The molecule has 0 spiro atoms. The van der Waals surface area contributed by atoms with Gasteiger partial charge in [0.25, 0.3) is 0 Å². The van der Waals surface area contributed by atoms with Crippen molar-refractivity contribution in [2.24, 2.45) is 5.73 Å². The van der Waals surface area contributed by atoms with Crippen molar-refractivity contribution < 1.29 is 27.9 Å². The van der Waals surface area contributed by atoms with Gasteiger partial charge >= 0.3 is 17.7 Å². The molecule has 0 amide bonds. The third-order valence-electron chi connectivity index (χ3n) is 3.19. The van der Waals surface area contributed by atoms with Crippen molar-refractivity contribution in [1.82, 2.24) is 0 Å². The first-order valence-electron chi connectivity index (χ1n) is 5.84. The number of carbonyl (C=O) groups is 2. The number of carbonyl (C=O) groups excluding carboxylic acids is 2. The molecule has 2 N–H and O–H groups in total. The van der Waals surface area contributed by atoms with Crippen molar-refractivity contribution in [3.8, 4) is 0 Å². The Morgan fingerprint density at radius 2 is 1.85 bits per heavy atom. The average Bonchev–Trinajstić information content (AvgIpc) is 2.97. The fourth-order valence-corrected chi connectivity index (χ4v) is 2.22. The monoisotopic (exact) mass is 279 g/mol. The molecule has 1 aliphatic heterocycles. The standard InChI is InChI=1S/C13H10FNO5/c1-6(15)13(19-11(16)12(17)20-13)8-2-3-9(14)7-4-5-18-10(7)8/h2-6H,15H2,1H3. The van der Waals surface area contributed by atoms with Gasteiger partial charge in [-0.15, -0.1) is 0 Å². The van der Waals surface area contributed by atoms with Crippen LogP contribution in [0.25, 0.3) is 11.0 Å². The van der Waals surface area contributed by atoms with E-state index in [0.717, 1.165) is 6.07 Å². The summed E-state index contributed by atoms with van der Waals surface area (Å²) in [6, 6.07) is 3.03. The van der Waals surface area contributed by atoms with Crippen molar-refractivity contribution in [2.75, 3.05) is 0 Å². The maximum absolute atomic E-state index is 13.7. The first-order valence-corrected chi connectivity index (χ1v) is 5.84. The molecule has 1 atom stereocenters. The highest BCUT2D eigenvalue weighted by atomic mass is 19.1. The summed E-state index contributed by atoms with van der Waals surface area (Å²) in [5.41, 5.74) is 6.10. The number of hydrogen-bond donors (Lipinski definition) is 1. The third kappa shape index (κ3) is 1.53. The smallest absolute Gasteiger partial charge is 0.421 e. The van der Waals surface area contributed by atoms with Crippen LogP contribution in [0.1, 0.15) is 12.5 Å². The van der Waals surface area contributed by atoms with E-state index < -0.39 is 29.6 Å². The highest BCUT2D eigenvalue weighted by Gasteiger charge is 2.54. The average molecular weight is 279 g/mol. The topological polar surface area (TPSA) is 91.8 Å². The minimum Gasteiger partial charge on any atom is -0.464 e. The largest absolute Gasteiger partial charge is 0.464 e. The summed E-state index contributed by atoms with van der Waals surface area (Å²) in [7, 11) is 0. The Hall–Kier alpha value is -2.41. The van der Waals surface area contributed by atoms with Crippen LogP contribution in [-0.4, -0.2) is 18.0 Å². The summed E-state index contributed by atoms with van der Waals surface area (Å²) >= 11 is 0. The van der Waals surface area contributed by atoms with Gasteiger partial charge < -0.3 is 19.6 Å². The number of rotatable bonds is 2. The summed E-state index contributed by atoms with van der Waals surface area (Å²) < 4.78 is 28.9. The fourth-order valence-electron chi connectivity index (χ4n) is 2.22. The van der Waals surface area contributed by atoms with Gasteiger partial charge in [0.2, 0.25) is 0 Å². The second-order valence-electron chi connectivity index (χ2n) is 4.49. The highest BCUT2D eigenvalue weighted by molar-refractivity contribution is 6.31. The molecule has 0 aliphatic carbocycles. The fraction of sp³-hybridized carbons (Fsp3) is 0.231. The predicted octanol–water partition coefficient (Wildman–Crippen LogP) is 1.17. The summed E-state index contributed by atoms with van der Waals surface area (Å²) in [6.07, 6.45) is 1.28. The number of ether oxygens (including phenoxy) is 2. The lowest BCUT2D eigenvalue weighted by Gasteiger charge is -2.29. The Bertz CT molecular complexity index is 705. The van der Waals surface area contributed by atoms with Gasteiger partial charge in [-0.25, -0.2) is 14.0 Å². The molecule has 7 heteroatoms. The number of cyclic esters (lactones) is 2. The molecule has 0 radical (unpaired) electrons. The van der Waals surface area contributed by atoms with Gasteiger partial charge in [-0.3, -0.25) is 0 Å². The molecule has 1 aliphatic rings. The minimum absolute atomic E-state index is 0.116. The van der Waals surface area contributed by atoms with Crippen LogP contribution in [0.2, 0.25) is 0 Å². The van der Waals surface area contributed by atoms with E-state index in [2.05, 4.69) is 0 Å². The third-order valence-corrected chi connectivity index (χ3v) is 3.19. The molecule has 104 valence electrons. The zero-order valence-corrected chi connectivity index (χ0v) is 10.4. The second-order valence-corrected chi connectivity index (χ2v) is 4.49. The van der Waals surface area contributed by atoms with E-state index in [1.54, 1.807) is 0 Å². The lowest BCUT2D eigenvalue weighted by atomic mass is 9.97. The predicted molar refractivity (Wildman–Crippen MR) is 63.7 cm³/mol. The number of esters is 2. The molecule has 1 unspecified atom stereocenters. The molecular formula is C13H10FNO5. The number of halogens is 1. The number of nitrogens with two attached hydrogens (primary N) is 1. The summed E-state index contributed by atoms with van der Waals surface area (Å²) in [5, 5.41) is 0.182. The van der Waals surface area contributed by atoms with Crippen molar-refractivity contribution in [3.05, 3.63) is 35.8 Å². The van der Waals surface area contributed by atoms with Crippen LogP contribution in [0.3, 0.4) is 0 Å². The zero-order chi connectivity index (χ0) is 14.5. The summed E-state index contributed by atoms with van der Waals surface area (Å²) in [4.78, 5) is 22.7. The molecule has 3 rings (SSSR count). The molecule has 20 heavy (non-hydrogen) atoms. The Balaban J connectivity index is 2.27. The molecule has 1 fully saturated rings. The molecule has 0 bridgehead atoms. The van der Waals surface area contributed by atoms with Crippen LogP contribution in [-0.2, 0) is 24.8 Å². The lowest BCUT2D eigenvalue weighted by molar-refractivity contribution is -0.190. The Morgan fingerprint density at radius 3 is 2.45 bits per heavy atom. The van der Waals surface area contributed by atoms with Gasteiger partial charge in [0, 0.05) is 0 Å². The van der Waals surface area contributed by atoms with E-state index in [-0.39, 0.29) is 16.5 Å². The van der Waals surface area contributed by atoms with Crippen molar-refractivity contribution >= 4 is 22.9 Å². The van der Waals surface area contributed by atoms with Gasteiger partial charge in [0.05, 0.1) is 23.3 Å². The highest BCUT2D eigenvalue weighted by Crippen LogP contribution is 2.39. The maximum Gasteiger partial charge on any atom is 0.421 e. The van der Waals surface area contributed by atoms with Gasteiger partial charge in [0.15, 0.2) is 0 Å². The molecule has 1 aromatic carbocycles. The van der Waals surface area contributed by atoms with Crippen molar-refractivity contribution in [2.45, 2.75) is 18.8 Å². The normalized spacial score (nSPS) is 18.9. The molecule has 2 aromatic rings. The van der Waals surface area contributed by atoms with Crippen LogP contribution in [0.4, 0.5) is 4.39 Å².